The van der Waals surface area contributed by atoms with Gasteiger partial charge in [0.15, 0.2) is 0 Å². The van der Waals surface area contributed by atoms with Crippen LogP contribution < -0.4 is 10.1 Å². The summed E-state index contributed by atoms with van der Waals surface area (Å²) >= 11 is 0. The van der Waals surface area contributed by atoms with Crippen molar-refractivity contribution in [1.82, 2.24) is 5.32 Å². The first-order chi connectivity index (χ1) is 20.7. The number of hydrogen-bond acceptors (Lipinski definition) is 6. The number of aliphatic hydroxyl groups excluding tert-OH is 1. The van der Waals surface area contributed by atoms with Crippen molar-refractivity contribution in [2.75, 3.05) is 32.9 Å². The monoisotopic (exact) mass is 569 g/mol. The summed E-state index contributed by atoms with van der Waals surface area (Å²) in [5.41, 5.74) is 3.50. The van der Waals surface area contributed by atoms with Gasteiger partial charge in [0.25, 0.3) is 0 Å². The maximum absolute atomic E-state index is 9.45. The van der Waals surface area contributed by atoms with E-state index in [1.54, 1.807) is 0 Å². The fourth-order valence-electron chi connectivity index (χ4n) is 5.57. The molecule has 1 saturated heterocycles. The molecule has 4 atom stereocenters. The highest BCUT2D eigenvalue weighted by molar-refractivity contribution is 5.82. The van der Waals surface area contributed by atoms with E-state index in [0.29, 0.717) is 32.8 Å². The van der Waals surface area contributed by atoms with Gasteiger partial charge in [0.2, 0.25) is 0 Å². The van der Waals surface area contributed by atoms with Gasteiger partial charge in [0.05, 0.1) is 44.7 Å². The molecule has 5 rings (SSSR count). The molecule has 1 unspecified atom stereocenters. The van der Waals surface area contributed by atoms with Crippen molar-refractivity contribution in [3.05, 3.63) is 114 Å². The summed E-state index contributed by atoms with van der Waals surface area (Å²) in [6, 6.07) is 33.5. The molecule has 0 bridgehead atoms. The molecule has 2 N–H and O–H groups in total. The van der Waals surface area contributed by atoms with Crippen molar-refractivity contribution < 1.29 is 24.1 Å². The van der Waals surface area contributed by atoms with Gasteiger partial charge >= 0.3 is 0 Å². The fraction of sp³-hybridized carbons (Fsp3) is 0.389. The lowest BCUT2D eigenvalue weighted by Crippen LogP contribution is -2.51. The zero-order chi connectivity index (χ0) is 29.0. The van der Waals surface area contributed by atoms with Gasteiger partial charge in [-0.3, -0.25) is 0 Å². The van der Waals surface area contributed by atoms with Crippen LogP contribution in [0.25, 0.3) is 10.8 Å². The van der Waals surface area contributed by atoms with Gasteiger partial charge in [-0.15, -0.1) is 0 Å². The Morgan fingerprint density at radius 3 is 2.36 bits per heavy atom. The quantitative estimate of drug-likeness (QED) is 0.165. The van der Waals surface area contributed by atoms with E-state index in [2.05, 4.69) is 72.0 Å². The van der Waals surface area contributed by atoms with Crippen LogP contribution in [0, 0.1) is 0 Å². The smallest absolute Gasteiger partial charge is 0.119 e. The number of aliphatic hydroxyl groups is 1. The summed E-state index contributed by atoms with van der Waals surface area (Å²) in [6.07, 6.45) is 1.25. The molecule has 1 fully saturated rings. The van der Waals surface area contributed by atoms with Crippen LogP contribution in [-0.2, 0) is 27.4 Å². The van der Waals surface area contributed by atoms with Crippen LogP contribution >= 0.6 is 0 Å². The first-order valence-corrected chi connectivity index (χ1v) is 15.1. The Bertz CT molecular complexity index is 1350. The second-order valence-electron chi connectivity index (χ2n) is 11.0. The molecule has 1 aliphatic heterocycles. The normalized spacial score (nSPS) is 19.5. The van der Waals surface area contributed by atoms with Crippen LogP contribution in [0.5, 0.6) is 5.75 Å². The molecular formula is C36H43NO5. The summed E-state index contributed by atoms with van der Waals surface area (Å²) in [4.78, 5) is 0. The topological polar surface area (TPSA) is 69.2 Å². The minimum absolute atomic E-state index is 0.0461. The largest absolute Gasteiger partial charge is 0.494 e. The average molecular weight is 570 g/mol. The Kier molecular flexibility index (Phi) is 11.4. The number of hydrogen-bond donors (Lipinski definition) is 2. The molecule has 0 spiro atoms. The highest BCUT2D eigenvalue weighted by atomic mass is 16.5. The molecule has 1 heterocycles. The summed E-state index contributed by atoms with van der Waals surface area (Å²) in [6.45, 7) is 6.01. The number of nitrogens with one attached hydrogen (secondary N) is 1. The molecule has 6 heteroatoms. The van der Waals surface area contributed by atoms with Crippen LogP contribution in [0.4, 0.5) is 0 Å². The van der Waals surface area contributed by atoms with Gasteiger partial charge in [-0.25, -0.2) is 0 Å². The maximum Gasteiger partial charge on any atom is 0.119 e. The van der Waals surface area contributed by atoms with Crippen molar-refractivity contribution in [3.63, 3.8) is 0 Å². The van der Waals surface area contributed by atoms with Gasteiger partial charge in [-0.1, -0.05) is 78.9 Å². The van der Waals surface area contributed by atoms with Crippen molar-refractivity contribution in [1.29, 1.82) is 0 Å². The van der Waals surface area contributed by atoms with Crippen LogP contribution in [0.15, 0.2) is 97.1 Å². The van der Waals surface area contributed by atoms with E-state index in [0.717, 1.165) is 30.8 Å². The minimum Gasteiger partial charge on any atom is -0.494 e. The molecule has 0 amide bonds. The van der Waals surface area contributed by atoms with Crippen molar-refractivity contribution in [2.24, 2.45) is 0 Å². The second-order valence-corrected chi connectivity index (χ2v) is 11.0. The summed E-state index contributed by atoms with van der Waals surface area (Å²) < 4.78 is 24.8. The third-order valence-electron chi connectivity index (χ3n) is 7.79. The number of rotatable bonds is 15. The molecule has 0 radical (unpaired) electrons. The molecule has 0 aliphatic carbocycles. The van der Waals surface area contributed by atoms with Crippen molar-refractivity contribution in [2.45, 2.75) is 57.2 Å². The fourth-order valence-corrected chi connectivity index (χ4v) is 5.57. The zero-order valence-corrected chi connectivity index (χ0v) is 24.5. The molecule has 1 aliphatic rings. The third-order valence-corrected chi connectivity index (χ3v) is 7.79. The SMILES string of the molecule is CC(CCO)O[C@@H]1CNC[C@H](OCc2ccc3ccccc3c2)[C@@H]1c1ccc(OCCCOCc2ccccc2)cc1. The average Bonchev–Trinajstić information content (AvgIpc) is 3.02. The Hall–Kier alpha value is -3.26. The van der Waals surface area contributed by atoms with E-state index >= 15 is 0 Å². The molecule has 0 aromatic heterocycles. The highest BCUT2D eigenvalue weighted by Crippen LogP contribution is 2.33. The van der Waals surface area contributed by atoms with E-state index < -0.39 is 0 Å². The van der Waals surface area contributed by atoms with Gasteiger partial charge in [-0.2, -0.15) is 0 Å². The Morgan fingerprint density at radius 1 is 0.786 bits per heavy atom. The Labute approximate surface area is 249 Å². The zero-order valence-electron chi connectivity index (χ0n) is 24.5. The lowest BCUT2D eigenvalue weighted by atomic mass is 9.85. The van der Waals surface area contributed by atoms with E-state index in [1.807, 2.05) is 37.3 Å². The van der Waals surface area contributed by atoms with Crippen LogP contribution in [0.3, 0.4) is 0 Å². The predicted octanol–water partition coefficient (Wildman–Crippen LogP) is 6.25. The first-order valence-electron chi connectivity index (χ1n) is 15.1. The van der Waals surface area contributed by atoms with Crippen LogP contribution in [-0.4, -0.2) is 56.3 Å². The number of ether oxygens (including phenoxy) is 4. The number of benzene rings is 4. The van der Waals surface area contributed by atoms with Gasteiger partial charge < -0.3 is 29.4 Å². The Morgan fingerprint density at radius 2 is 1.55 bits per heavy atom. The molecule has 4 aromatic rings. The highest BCUT2D eigenvalue weighted by Gasteiger charge is 2.37. The standard InChI is InChI=1S/C36H43NO5/c1-27(18-19-38)42-35-24-37-23-34(41-26-29-12-13-30-10-5-6-11-32(30)22-29)36(35)31-14-16-33(17-15-31)40-21-7-20-39-25-28-8-3-2-4-9-28/h2-6,8-17,22,27,34-38H,7,18-21,23-26H2,1H3/t27?,34-,35+,36-/m0/s1. The Balaban J connectivity index is 1.19. The van der Waals surface area contributed by atoms with Crippen molar-refractivity contribution in [3.8, 4) is 5.75 Å². The molecular weight excluding hydrogens is 526 g/mol. The third kappa shape index (κ3) is 8.63. The van der Waals surface area contributed by atoms with Gasteiger partial charge in [0.1, 0.15) is 5.75 Å². The molecule has 0 saturated carbocycles. The first kappa shape index (κ1) is 30.2. The van der Waals surface area contributed by atoms with Crippen molar-refractivity contribution >= 4 is 10.8 Å². The van der Waals surface area contributed by atoms with E-state index in [1.165, 1.54) is 21.9 Å². The summed E-state index contributed by atoms with van der Waals surface area (Å²) in [5.74, 6) is 0.892. The molecule has 4 aromatic carbocycles. The van der Waals surface area contributed by atoms with Gasteiger partial charge in [-0.05, 0) is 59.0 Å². The lowest BCUT2D eigenvalue weighted by molar-refractivity contribution is -0.0850. The number of fused-ring (bicyclic) bond motifs is 1. The summed E-state index contributed by atoms with van der Waals surface area (Å²) in [5, 5.41) is 15.4. The van der Waals surface area contributed by atoms with Crippen LogP contribution in [0.1, 0.15) is 42.4 Å². The van der Waals surface area contributed by atoms with Gasteiger partial charge in [0, 0.05) is 32.0 Å². The lowest BCUT2D eigenvalue weighted by Gasteiger charge is -2.40. The van der Waals surface area contributed by atoms with Crippen LogP contribution in [0.2, 0.25) is 0 Å². The second kappa shape index (κ2) is 15.8. The molecule has 222 valence electrons. The van der Waals surface area contributed by atoms with E-state index in [4.69, 9.17) is 18.9 Å². The molecule has 6 nitrogen and oxygen atoms in total. The summed E-state index contributed by atoms with van der Waals surface area (Å²) in [7, 11) is 0. The van der Waals surface area contributed by atoms with E-state index in [9.17, 15) is 5.11 Å². The van der Waals surface area contributed by atoms with E-state index in [-0.39, 0.29) is 30.8 Å². The maximum atomic E-state index is 9.45. The minimum atomic E-state index is -0.0737. The predicted molar refractivity (Wildman–Crippen MR) is 167 cm³/mol. The molecule has 42 heavy (non-hydrogen) atoms. The number of piperidine rings is 1.